The summed E-state index contributed by atoms with van der Waals surface area (Å²) in [6.45, 7) is 0.731. The van der Waals surface area contributed by atoms with E-state index in [-0.39, 0.29) is 26.4 Å². The van der Waals surface area contributed by atoms with E-state index in [4.69, 9.17) is 9.47 Å². The third-order valence-corrected chi connectivity index (χ3v) is 2.80. The Kier molecular flexibility index (Phi) is 13.2. The molecule has 27 heavy (non-hydrogen) atoms. The molecule has 0 saturated heterocycles. The minimum Gasteiger partial charge on any atom is -0.553 e. The Morgan fingerprint density at radius 1 is 0.704 bits per heavy atom. The van der Waals surface area contributed by atoms with Crippen LogP contribution in [0.4, 0.5) is 0 Å². The van der Waals surface area contributed by atoms with Crippen LogP contribution in [0, 0.1) is 14.2 Å². The van der Waals surface area contributed by atoms with Gasteiger partial charge in [-0.1, -0.05) is 0 Å². The Bertz CT molecular complexity index is 513. The Balaban J connectivity index is 0.000000483. The number of hydrogen-bond donors (Lipinski definition) is 2. The first-order valence-electron chi connectivity index (χ1n) is 7.81. The van der Waals surface area contributed by atoms with Crippen LogP contribution in [0.25, 0.3) is 0 Å². The Labute approximate surface area is 153 Å². The topological polar surface area (TPSA) is 103 Å². The van der Waals surface area contributed by atoms with Gasteiger partial charge in [0.1, 0.15) is 36.9 Å². The summed E-state index contributed by atoms with van der Waals surface area (Å²) in [5, 5.41) is 18.4. The van der Waals surface area contributed by atoms with E-state index in [9.17, 15) is 10.2 Å². The molecule has 0 spiro atoms. The number of rotatable bonds is 10. The monoisotopic (exact) mass is 631 g/mol. The molecule has 0 fully saturated rings. The minimum absolute atomic E-state index is 0. The molecule has 0 aromatic carbocycles. The molecule has 9 heteroatoms. The van der Waals surface area contributed by atoms with Crippen LogP contribution in [0.1, 0.15) is 0 Å². The summed E-state index contributed by atoms with van der Waals surface area (Å²) in [5.41, 5.74) is 0. The fourth-order valence-corrected chi connectivity index (χ4v) is 1.62. The van der Waals surface area contributed by atoms with Gasteiger partial charge in [-0.3, -0.25) is 9.97 Å². The van der Waals surface area contributed by atoms with Crippen molar-refractivity contribution in [3.05, 3.63) is 63.3 Å². The van der Waals surface area contributed by atoms with E-state index in [1.54, 1.807) is 49.1 Å². The van der Waals surface area contributed by atoms with Crippen LogP contribution < -0.4 is 9.47 Å². The van der Waals surface area contributed by atoms with E-state index in [1.807, 2.05) is 0 Å². The average Bonchev–Trinajstić information content (AvgIpc) is 2.67. The maximum atomic E-state index is 9.20. The van der Waals surface area contributed by atoms with Gasteiger partial charge in [-0.05, 0) is 24.3 Å². The predicted octanol–water partition coefficient (Wildman–Crippen LogP) is 1.26. The van der Waals surface area contributed by atoms with Crippen molar-refractivity contribution in [2.45, 2.75) is 12.2 Å². The van der Waals surface area contributed by atoms with Gasteiger partial charge >= 0.3 is 0 Å². The number of aliphatic hydroxyl groups is 2. The number of aliphatic hydroxyl groups excluding tert-OH is 2. The molecule has 2 rings (SSSR count). The van der Waals surface area contributed by atoms with Crippen LogP contribution in [0.5, 0.6) is 11.5 Å². The van der Waals surface area contributed by atoms with E-state index in [2.05, 4.69) is 33.7 Å². The van der Waals surface area contributed by atoms with Crippen LogP contribution in [-0.4, -0.2) is 58.8 Å². The molecule has 2 unspecified atom stereocenters. The van der Waals surface area contributed by atoms with Gasteiger partial charge in [-0.2, -0.15) is 0 Å². The Morgan fingerprint density at radius 2 is 1.04 bits per heavy atom. The zero-order valence-electron chi connectivity index (χ0n) is 15.1. The summed E-state index contributed by atoms with van der Waals surface area (Å²) in [5.74, 6) is 1.36. The maximum Gasteiger partial charge on any atom is 0.122 e. The molecule has 0 aliphatic carbocycles. The largest absolute Gasteiger partial charge is 0.553 e. The first-order chi connectivity index (χ1) is 12.7. The summed E-state index contributed by atoms with van der Waals surface area (Å²) in [6.07, 6.45) is 5.20. The third-order valence-electron chi connectivity index (χ3n) is 2.80. The smallest absolute Gasteiger partial charge is 0.122 e. The van der Waals surface area contributed by atoms with Crippen LogP contribution in [0.3, 0.4) is 0 Å². The van der Waals surface area contributed by atoms with Gasteiger partial charge in [-0.25, -0.2) is 14.2 Å². The molecule has 8 nitrogen and oxygen atoms in total. The SMILES string of the molecule is [CH2-]OCC(O)COc1ccncc1.[CH2-]OCC(O)COc1ccncc1.[Rf]. The molecule has 0 saturated carbocycles. The predicted molar refractivity (Wildman–Crippen MR) is 94.1 cm³/mol. The zero-order chi connectivity index (χ0) is 19.0. The van der Waals surface area contributed by atoms with Crippen molar-refractivity contribution in [3.63, 3.8) is 0 Å². The molecular formula is C18H24N2O6Rf-2. The average molecular weight is 631 g/mol. The van der Waals surface area contributed by atoms with Crippen molar-refractivity contribution in [1.82, 2.24) is 9.97 Å². The molecule has 2 aromatic heterocycles. The molecule has 0 aliphatic heterocycles. The Morgan fingerprint density at radius 3 is 1.33 bits per heavy atom. The molecule has 2 heterocycles. The molecule has 2 N–H and O–H groups in total. The normalized spacial score (nSPS) is 12.0. The van der Waals surface area contributed by atoms with Gasteiger partial charge in [-0.15, -0.1) is 0 Å². The molecule has 2 atom stereocenters. The summed E-state index contributed by atoms with van der Waals surface area (Å²) in [7, 11) is 6.31. The molecule has 2 aromatic rings. The molecular weight excluding hydrogens is 607 g/mol. The summed E-state index contributed by atoms with van der Waals surface area (Å²) in [6, 6.07) is 6.88. The number of hydrogen-bond acceptors (Lipinski definition) is 8. The van der Waals surface area contributed by atoms with Crippen molar-refractivity contribution in [2.24, 2.45) is 0 Å². The maximum absolute atomic E-state index is 9.20. The first kappa shape index (κ1) is 23.7. The van der Waals surface area contributed by atoms with Gasteiger partial charge in [0.15, 0.2) is 0 Å². The van der Waals surface area contributed by atoms with Crippen molar-refractivity contribution >= 4 is 0 Å². The van der Waals surface area contributed by atoms with E-state index in [1.165, 1.54) is 0 Å². The second-order valence-electron chi connectivity index (χ2n) is 5.04. The van der Waals surface area contributed by atoms with Gasteiger partial charge in [0, 0.05) is 38.0 Å². The van der Waals surface area contributed by atoms with Crippen LogP contribution >= 0.6 is 0 Å². The van der Waals surface area contributed by atoms with Crippen LogP contribution in [0.15, 0.2) is 49.1 Å². The van der Waals surface area contributed by atoms with Gasteiger partial charge in [0.25, 0.3) is 0 Å². The molecule has 146 valence electrons. The van der Waals surface area contributed by atoms with Crippen LogP contribution in [-0.2, 0) is 9.47 Å². The molecule has 0 radical (unpaired) electrons. The van der Waals surface area contributed by atoms with Gasteiger partial charge in [0.2, 0.25) is 0 Å². The van der Waals surface area contributed by atoms with Crippen molar-refractivity contribution in [3.8, 4) is 11.5 Å². The van der Waals surface area contributed by atoms with Crippen molar-refractivity contribution in [1.29, 1.82) is 0 Å². The summed E-state index contributed by atoms with van der Waals surface area (Å²) in [4.78, 5) is 7.66. The number of nitrogens with zero attached hydrogens (tertiary/aromatic N) is 2. The molecule has 0 aliphatic rings. The third kappa shape index (κ3) is 11.8. The zero-order valence-corrected chi connectivity index (χ0v) is 21.5. The number of ether oxygens (including phenoxy) is 4. The summed E-state index contributed by atoms with van der Waals surface area (Å²) < 4.78 is 19.4. The van der Waals surface area contributed by atoms with Crippen LogP contribution in [0.2, 0.25) is 0 Å². The fourth-order valence-electron chi connectivity index (χ4n) is 1.62. The van der Waals surface area contributed by atoms with Crippen molar-refractivity contribution in [2.75, 3.05) is 26.4 Å². The minimum atomic E-state index is -0.648. The number of aromatic nitrogens is 2. The summed E-state index contributed by atoms with van der Waals surface area (Å²) >= 11 is 0. The molecule has 0 amide bonds. The quantitative estimate of drug-likeness (QED) is 0.379. The Hall–Kier alpha value is -3.26. The van der Waals surface area contributed by atoms with E-state index < -0.39 is 12.2 Å². The van der Waals surface area contributed by atoms with Gasteiger partial charge in [0.05, 0.1) is 0 Å². The standard InChI is InChI=1S/2C9H12NO3.Rf/c2*1-12-6-8(11)7-13-9-2-4-10-5-3-9;/h2*2-5,8,11H,1,6-7H2;/q2*-1;. The van der Waals surface area contributed by atoms with E-state index in [0.29, 0.717) is 11.5 Å². The second-order valence-corrected chi connectivity index (χ2v) is 5.04. The number of pyridine rings is 2. The second kappa shape index (κ2) is 15.0. The van der Waals surface area contributed by atoms with Crippen molar-refractivity contribution < 1.29 is 29.2 Å². The van der Waals surface area contributed by atoms with Gasteiger partial charge < -0.3 is 29.2 Å². The van der Waals surface area contributed by atoms with E-state index in [0.717, 1.165) is 0 Å². The molecule has 0 bridgehead atoms. The van der Waals surface area contributed by atoms with E-state index >= 15 is 0 Å². The fraction of sp³-hybridized carbons (Fsp3) is 0.333. The first-order valence-corrected chi connectivity index (χ1v) is 7.81.